The molecule has 1 aromatic rings. The molecule has 25 heavy (non-hydrogen) atoms. The number of carbonyl (C=O) groups is 1. The maximum absolute atomic E-state index is 12.6. The summed E-state index contributed by atoms with van der Waals surface area (Å²) in [6.45, 7) is 3.10. The van der Waals surface area contributed by atoms with Crippen LogP contribution in [0.15, 0.2) is 30.3 Å². The number of nitrogens with zero attached hydrogens (tertiary/aromatic N) is 1. The zero-order valence-electron chi connectivity index (χ0n) is 14.3. The Kier molecular flexibility index (Phi) is 4.93. The minimum Gasteiger partial charge on any atom is -0.461 e. The second-order valence-corrected chi connectivity index (χ2v) is 7.54. The maximum atomic E-state index is 12.6. The van der Waals surface area contributed by atoms with Gasteiger partial charge in [-0.25, -0.2) is 0 Å². The molecule has 3 saturated heterocycles. The van der Waals surface area contributed by atoms with E-state index in [1.165, 1.54) is 0 Å². The largest absolute Gasteiger partial charge is 0.461 e. The molecule has 3 heterocycles. The van der Waals surface area contributed by atoms with Gasteiger partial charge in [0.1, 0.15) is 36.3 Å². The van der Waals surface area contributed by atoms with Gasteiger partial charge in [-0.15, -0.1) is 0 Å². The lowest BCUT2D eigenvalue weighted by Gasteiger charge is -2.47. The molecular weight excluding hydrogens is 318 g/mol. The number of ether oxygens (including phenoxy) is 2. The fourth-order valence-electron chi connectivity index (χ4n) is 4.87. The van der Waals surface area contributed by atoms with Crippen LogP contribution >= 0.6 is 0 Å². The van der Waals surface area contributed by atoms with Crippen LogP contribution in [-0.2, 0) is 14.3 Å². The first-order chi connectivity index (χ1) is 11.6. The first kappa shape index (κ1) is 18.4. The summed E-state index contributed by atoms with van der Waals surface area (Å²) in [5.74, 6) is -0.904. The average Bonchev–Trinajstić information content (AvgIpc) is 3.35. The molecule has 0 amide bonds. The number of morpholine rings is 1. The number of aliphatic hydroxyl groups excluding tert-OH is 1. The number of fused-ring (bicyclic) bond motifs is 5. The van der Waals surface area contributed by atoms with Crippen LogP contribution in [-0.4, -0.2) is 66.2 Å². The number of epoxide rings is 1. The molecule has 138 valence electrons. The van der Waals surface area contributed by atoms with E-state index >= 15 is 0 Å². The molecule has 3 fully saturated rings. The fraction of sp³-hybridized carbons (Fsp3) is 0.650. The van der Waals surface area contributed by atoms with Crippen LogP contribution in [0.25, 0.3) is 0 Å². The van der Waals surface area contributed by atoms with Crippen molar-refractivity contribution in [1.82, 2.24) is 0 Å². The van der Waals surface area contributed by atoms with Crippen LogP contribution in [0, 0.1) is 0 Å². The van der Waals surface area contributed by atoms with Gasteiger partial charge < -0.3 is 19.1 Å². The van der Waals surface area contributed by atoms with Crippen LogP contribution in [0.5, 0.6) is 0 Å². The smallest absolute Gasteiger partial charge is 0.316 e. The number of likely N-dealkylation sites (N-methyl/N-ethyl adjacent to an activating group) is 1. The minimum absolute atomic E-state index is 0. The molecule has 3 aliphatic rings. The molecule has 0 saturated carbocycles. The van der Waals surface area contributed by atoms with Crippen molar-refractivity contribution < 1.29 is 23.9 Å². The van der Waals surface area contributed by atoms with Crippen molar-refractivity contribution in [2.75, 3.05) is 20.2 Å². The van der Waals surface area contributed by atoms with Crippen molar-refractivity contribution in [1.29, 1.82) is 0 Å². The van der Waals surface area contributed by atoms with Crippen LogP contribution in [0.2, 0.25) is 0 Å². The molecule has 4 rings (SSSR count). The molecule has 1 aromatic carbocycles. The molecule has 5 unspecified atom stereocenters. The van der Waals surface area contributed by atoms with E-state index in [1.54, 1.807) is 0 Å². The van der Waals surface area contributed by atoms with E-state index in [9.17, 15) is 9.90 Å². The molecule has 3 aliphatic heterocycles. The van der Waals surface area contributed by atoms with Gasteiger partial charge in [-0.3, -0.25) is 4.79 Å². The summed E-state index contributed by atoms with van der Waals surface area (Å²) in [6.07, 6.45) is 2.37. The highest BCUT2D eigenvalue weighted by Crippen LogP contribution is 2.52. The summed E-state index contributed by atoms with van der Waals surface area (Å²) in [6, 6.07) is 10.2. The highest BCUT2D eigenvalue weighted by molar-refractivity contribution is 5.78. The Hall–Kier alpha value is -1.43. The number of hydrogen-bond acceptors (Lipinski definition) is 4. The van der Waals surface area contributed by atoms with Crippen LogP contribution < -0.4 is 0 Å². The van der Waals surface area contributed by atoms with Gasteiger partial charge in [0.2, 0.25) is 0 Å². The number of rotatable bonds is 5. The third-order valence-electron chi connectivity index (χ3n) is 6.48. The van der Waals surface area contributed by atoms with Crippen LogP contribution in [0.3, 0.4) is 0 Å². The number of carbonyl (C=O) groups excluding carboxylic acids is 1. The lowest BCUT2D eigenvalue weighted by atomic mass is 9.95. The Bertz CT molecular complexity index is 601. The Labute approximate surface area is 150 Å². The van der Waals surface area contributed by atoms with Gasteiger partial charge >= 0.3 is 5.97 Å². The Morgan fingerprint density at radius 1 is 1.28 bits per heavy atom. The maximum Gasteiger partial charge on any atom is 0.316 e. The Morgan fingerprint density at radius 2 is 1.88 bits per heavy atom. The zero-order valence-corrected chi connectivity index (χ0v) is 14.3. The molecule has 0 aromatic heterocycles. The van der Waals surface area contributed by atoms with Crippen molar-refractivity contribution in [2.24, 2.45) is 0 Å². The van der Waals surface area contributed by atoms with E-state index in [0.717, 1.165) is 29.4 Å². The summed E-state index contributed by atoms with van der Waals surface area (Å²) in [7, 11) is 2.31. The summed E-state index contributed by atoms with van der Waals surface area (Å²) < 4.78 is 12.7. The SMILES string of the molecule is C.CC[N+]1(C)C2CC(OC(=O)[C@H](CO)c3ccccc3)CC1[C@H]1OC21. The number of esters is 1. The van der Waals surface area contributed by atoms with E-state index in [0.29, 0.717) is 24.3 Å². The molecule has 7 atom stereocenters. The summed E-state index contributed by atoms with van der Waals surface area (Å²) in [5, 5.41) is 9.64. The number of aliphatic hydroxyl groups is 1. The number of piperidine rings is 1. The van der Waals surface area contributed by atoms with Gasteiger partial charge in [-0.2, -0.15) is 0 Å². The molecule has 5 heteroatoms. The van der Waals surface area contributed by atoms with Crippen molar-refractivity contribution in [2.45, 2.75) is 63.5 Å². The number of benzene rings is 1. The summed E-state index contributed by atoms with van der Waals surface area (Å²) in [5.41, 5.74) is 0.809. The van der Waals surface area contributed by atoms with Gasteiger partial charge in [0.05, 0.1) is 20.2 Å². The molecule has 2 bridgehead atoms. The summed E-state index contributed by atoms with van der Waals surface area (Å²) in [4.78, 5) is 12.6. The van der Waals surface area contributed by atoms with Crippen LogP contribution in [0.4, 0.5) is 0 Å². The van der Waals surface area contributed by atoms with Gasteiger partial charge in [-0.1, -0.05) is 37.8 Å². The highest BCUT2D eigenvalue weighted by atomic mass is 16.6. The third-order valence-corrected chi connectivity index (χ3v) is 6.48. The van der Waals surface area contributed by atoms with Gasteiger partial charge in [0.15, 0.2) is 0 Å². The standard InChI is InChI=1S/C19H26NO4.CH4/c1-3-20(2)15-9-13(10-16(20)18-17(15)24-18)23-19(22)14(11-21)12-7-5-4-6-8-12;/h4-8,13-18,21H,3,9-11H2,1-2H3;1H4/q+1;/t13?,14-,15?,16?,17-,18?,20?;/m1./s1. The van der Waals surface area contributed by atoms with Gasteiger partial charge in [-0.05, 0) is 12.5 Å². The minimum atomic E-state index is -0.594. The Morgan fingerprint density at radius 3 is 2.40 bits per heavy atom. The lowest BCUT2D eigenvalue weighted by molar-refractivity contribution is -0.954. The topological polar surface area (TPSA) is 59.1 Å². The normalized spacial score (nSPS) is 39.1. The number of hydrogen-bond donors (Lipinski definition) is 1. The van der Waals surface area contributed by atoms with Crippen molar-refractivity contribution in [3.8, 4) is 0 Å². The Balaban J connectivity index is 0.00000182. The molecule has 0 radical (unpaired) electrons. The van der Waals surface area contributed by atoms with Gasteiger partial charge in [0.25, 0.3) is 0 Å². The van der Waals surface area contributed by atoms with Crippen LogP contribution in [0.1, 0.15) is 38.7 Å². The molecule has 5 nitrogen and oxygen atoms in total. The van der Waals surface area contributed by atoms with Crippen molar-refractivity contribution in [3.63, 3.8) is 0 Å². The van der Waals surface area contributed by atoms with E-state index in [4.69, 9.17) is 9.47 Å². The predicted octanol–water partition coefficient (Wildman–Crippen LogP) is 2.09. The van der Waals surface area contributed by atoms with E-state index in [1.807, 2.05) is 30.3 Å². The molecule has 0 spiro atoms. The average molecular weight is 348 g/mol. The first-order valence-electron chi connectivity index (χ1n) is 8.95. The fourth-order valence-corrected chi connectivity index (χ4v) is 4.87. The summed E-state index contributed by atoms with van der Waals surface area (Å²) >= 11 is 0. The predicted molar refractivity (Wildman–Crippen MR) is 95.1 cm³/mol. The zero-order chi connectivity index (χ0) is 16.9. The lowest BCUT2D eigenvalue weighted by Crippen LogP contribution is -2.62. The van der Waals surface area contributed by atoms with Gasteiger partial charge in [0, 0.05) is 12.8 Å². The van der Waals surface area contributed by atoms with E-state index in [-0.39, 0.29) is 26.1 Å². The van der Waals surface area contributed by atoms with E-state index in [2.05, 4.69) is 14.0 Å². The second-order valence-electron chi connectivity index (χ2n) is 7.54. The van der Waals surface area contributed by atoms with Crippen molar-refractivity contribution >= 4 is 5.97 Å². The van der Waals surface area contributed by atoms with E-state index < -0.39 is 5.92 Å². The number of quaternary nitrogens is 1. The molecular formula is C20H30NO4+. The quantitative estimate of drug-likeness (QED) is 0.503. The second kappa shape index (κ2) is 6.71. The third kappa shape index (κ3) is 2.88. The highest BCUT2D eigenvalue weighted by Gasteiger charge is 2.71. The molecule has 1 N–H and O–H groups in total. The monoisotopic (exact) mass is 348 g/mol. The molecule has 0 aliphatic carbocycles. The first-order valence-corrected chi connectivity index (χ1v) is 8.95. The van der Waals surface area contributed by atoms with Crippen molar-refractivity contribution in [3.05, 3.63) is 35.9 Å².